The van der Waals surface area contributed by atoms with Gasteiger partial charge in [0.1, 0.15) is 0 Å². The van der Waals surface area contributed by atoms with Crippen molar-refractivity contribution in [2.45, 2.75) is 90.1 Å². The highest BCUT2D eigenvalue weighted by Gasteiger charge is 2.49. The second-order valence-corrected chi connectivity index (χ2v) is 11.1. The molecule has 0 amide bonds. The van der Waals surface area contributed by atoms with E-state index in [0.717, 1.165) is 35.8 Å². The third kappa shape index (κ3) is 3.66. The number of hydrogen-bond acceptors (Lipinski definition) is 2. The van der Waals surface area contributed by atoms with Gasteiger partial charge in [0.2, 0.25) is 0 Å². The Morgan fingerprint density at radius 3 is 2.63 bits per heavy atom. The fourth-order valence-corrected chi connectivity index (χ4v) is 7.53. The summed E-state index contributed by atoms with van der Waals surface area (Å²) in [7, 11) is 6.94. The third-order valence-corrected chi connectivity index (χ3v) is 9.66. The average Bonchev–Trinajstić information content (AvgIpc) is 3.12. The SMILES string of the molecule is CC1C2CCC(C2)C2CC=C3CC(N(C)C)CCC3(C)C2CCCCN1C. The summed E-state index contributed by atoms with van der Waals surface area (Å²) in [4.78, 5) is 5.15. The molecule has 2 nitrogen and oxygen atoms in total. The normalized spacial score (nSPS) is 46.4. The maximum Gasteiger partial charge on any atom is 0.0127 e. The van der Waals surface area contributed by atoms with E-state index in [1.807, 2.05) is 5.57 Å². The van der Waals surface area contributed by atoms with Gasteiger partial charge in [0, 0.05) is 12.1 Å². The minimum Gasteiger partial charge on any atom is -0.306 e. The maximum atomic E-state index is 2.74. The van der Waals surface area contributed by atoms with E-state index in [9.17, 15) is 0 Å². The molecule has 27 heavy (non-hydrogen) atoms. The van der Waals surface area contributed by atoms with Crippen LogP contribution in [0.15, 0.2) is 11.6 Å². The number of rotatable bonds is 1. The fourth-order valence-electron chi connectivity index (χ4n) is 7.53. The first kappa shape index (κ1) is 20.0. The highest BCUT2D eigenvalue weighted by atomic mass is 15.1. The largest absolute Gasteiger partial charge is 0.306 e. The third-order valence-electron chi connectivity index (χ3n) is 9.66. The highest BCUT2D eigenvalue weighted by Crippen LogP contribution is 2.58. The summed E-state index contributed by atoms with van der Waals surface area (Å²) in [6, 6.07) is 1.56. The zero-order valence-electron chi connectivity index (χ0n) is 18.7. The van der Waals surface area contributed by atoms with Crippen molar-refractivity contribution in [2.75, 3.05) is 27.7 Å². The van der Waals surface area contributed by atoms with Crippen molar-refractivity contribution in [3.63, 3.8) is 0 Å². The van der Waals surface area contributed by atoms with Crippen LogP contribution in [0.2, 0.25) is 0 Å². The summed E-state index contributed by atoms with van der Waals surface area (Å²) in [6.45, 7) is 6.48. The quantitative estimate of drug-likeness (QED) is 0.554. The lowest BCUT2D eigenvalue weighted by Gasteiger charge is -2.53. The molecule has 7 atom stereocenters. The Balaban J connectivity index is 1.59. The number of nitrogens with zero attached hydrogens (tertiary/aromatic N) is 2. The first-order valence-corrected chi connectivity index (χ1v) is 12.0. The molecule has 4 rings (SSSR count). The smallest absolute Gasteiger partial charge is 0.0127 e. The molecule has 2 saturated carbocycles. The average molecular weight is 373 g/mol. The topological polar surface area (TPSA) is 6.48 Å². The van der Waals surface area contributed by atoms with Crippen LogP contribution in [-0.2, 0) is 0 Å². The van der Waals surface area contributed by atoms with Gasteiger partial charge in [-0.05, 0) is 121 Å². The van der Waals surface area contributed by atoms with Crippen molar-refractivity contribution >= 4 is 0 Å². The molecule has 0 aromatic heterocycles. The Hall–Kier alpha value is -0.340. The molecule has 3 fully saturated rings. The van der Waals surface area contributed by atoms with Crippen molar-refractivity contribution in [3.8, 4) is 0 Å². The van der Waals surface area contributed by atoms with E-state index in [1.54, 1.807) is 0 Å². The molecule has 154 valence electrons. The van der Waals surface area contributed by atoms with Gasteiger partial charge in [-0.1, -0.05) is 25.0 Å². The standard InChI is InChI=1S/C25H44N2/c1-18-19-9-10-20(16-19)23-12-11-21-17-22(26(3)4)13-14-25(21,2)24(23)8-6-7-15-27(18)5/h11,18-20,22-24H,6-10,12-17H2,1-5H3. The second-order valence-electron chi connectivity index (χ2n) is 11.1. The van der Waals surface area contributed by atoms with Crippen molar-refractivity contribution in [2.24, 2.45) is 29.1 Å². The molecule has 7 unspecified atom stereocenters. The van der Waals surface area contributed by atoms with Crippen molar-refractivity contribution in [1.82, 2.24) is 9.80 Å². The molecular formula is C25H44N2. The Labute approximate surface area is 168 Å². The molecular weight excluding hydrogens is 328 g/mol. The van der Waals surface area contributed by atoms with Crippen LogP contribution in [0.1, 0.15) is 78.1 Å². The van der Waals surface area contributed by atoms with Gasteiger partial charge in [-0.3, -0.25) is 0 Å². The molecule has 2 bridgehead atoms. The van der Waals surface area contributed by atoms with Crippen LogP contribution in [0, 0.1) is 29.1 Å². The highest BCUT2D eigenvalue weighted by molar-refractivity contribution is 5.24. The molecule has 0 aromatic carbocycles. The number of fused-ring (bicyclic) bond motifs is 6. The molecule has 4 aliphatic rings. The lowest BCUT2D eigenvalue weighted by molar-refractivity contribution is 0.0475. The fraction of sp³-hybridized carbons (Fsp3) is 0.920. The van der Waals surface area contributed by atoms with Crippen LogP contribution in [0.25, 0.3) is 0 Å². The second kappa shape index (κ2) is 7.82. The van der Waals surface area contributed by atoms with Crippen molar-refractivity contribution in [3.05, 3.63) is 11.6 Å². The molecule has 1 heterocycles. The molecule has 1 saturated heterocycles. The minimum absolute atomic E-state index is 0.499. The van der Waals surface area contributed by atoms with Gasteiger partial charge in [-0.15, -0.1) is 0 Å². The van der Waals surface area contributed by atoms with Crippen LogP contribution in [0.5, 0.6) is 0 Å². The monoisotopic (exact) mass is 372 g/mol. The Morgan fingerprint density at radius 2 is 1.85 bits per heavy atom. The molecule has 0 radical (unpaired) electrons. The molecule has 3 aliphatic carbocycles. The zero-order chi connectivity index (χ0) is 19.2. The van der Waals surface area contributed by atoms with Crippen LogP contribution in [-0.4, -0.2) is 49.6 Å². The molecule has 2 heteroatoms. The molecule has 1 aliphatic heterocycles. The van der Waals surface area contributed by atoms with E-state index in [1.165, 1.54) is 70.8 Å². The van der Waals surface area contributed by atoms with E-state index in [4.69, 9.17) is 0 Å². The van der Waals surface area contributed by atoms with Gasteiger partial charge >= 0.3 is 0 Å². The first-order chi connectivity index (χ1) is 12.9. The van der Waals surface area contributed by atoms with Crippen LogP contribution >= 0.6 is 0 Å². The van der Waals surface area contributed by atoms with Crippen LogP contribution in [0.4, 0.5) is 0 Å². The summed E-state index contributed by atoms with van der Waals surface area (Å²) in [6.07, 6.45) is 17.1. The van der Waals surface area contributed by atoms with Gasteiger partial charge in [-0.2, -0.15) is 0 Å². The Morgan fingerprint density at radius 1 is 1.07 bits per heavy atom. The zero-order valence-corrected chi connectivity index (χ0v) is 18.7. The van der Waals surface area contributed by atoms with Gasteiger partial charge in [0.05, 0.1) is 0 Å². The minimum atomic E-state index is 0.499. The van der Waals surface area contributed by atoms with Gasteiger partial charge in [-0.25, -0.2) is 0 Å². The van der Waals surface area contributed by atoms with Crippen LogP contribution in [0.3, 0.4) is 0 Å². The molecule has 0 aromatic rings. The predicted octanol–water partition coefficient (Wildman–Crippen LogP) is 5.59. The van der Waals surface area contributed by atoms with Gasteiger partial charge in [0.25, 0.3) is 0 Å². The van der Waals surface area contributed by atoms with E-state index in [0.29, 0.717) is 5.41 Å². The van der Waals surface area contributed by atoms with Crippen molar-refractivity contribution < 1.29 is 0 Å². The predicted molar refractivity (Wildman–Crippen MR) is 116 cm³/mol. The lowest BCUT2D eigenvalue weighted by atomic mass is 9.53. The van der Waals surface area contributed by atoms with Gasteiger partial charge in [0.15, 0.2) is 0 Å². The first-order valence-electron chi connectivity index (χ1n) is 12.0. The summed E-state index contributed by atoms with van der Waals surface area (Å²) in [5.41, 5.74) is 2.34. The van der Waals surface area contributed by atoms with E-state index >= 15 is 0 Å². The van der Waals surface area contributed by atoms with Crippen molar-refractivity contribution in [1.29, 1.82) is 0 Å². The lowest BCUT2D eigenvalue weighted by Crippen LogP contribution is -2.46. The number of allylic oxidation sites excluding steroid dienone is 1. The Kier molecular flexibility index (Phi) is 5.78. The maximum absolute atomic E-state index is 2.74. The summed E-state index contributed by atoms with van der Waals surface area (Å²) in [5, 5.41) is 0. The summed E-state index contributed by atoms with van der Waals surface area (Å²) < 4.78 is 0. The summed E-state index contributed by atoms with van der Waals surface area (Å²) >= 11 is 0. The van der Waals surface area contributed by atoms with Gasteiger partial charge < -0.3 is 9.80 Å². The van der Waals surface area contributed by atoms with E-state index in [-0.39, 0.29) is 0 Å². The van der Waals surface area contributed by atoms with Crippen LogP contribution < -0.4 is 0 Å². The summed E-state index contributed by atoms with van der Waals surface area (Å²) in [5.74, 6) is 3.86. The van der Waals surface area contributed by atoms with E-state index in [2.05, 4.69) is 50.9 Å². The Bertz CT molecular complexity index is 553. The molecule has 0 N–H and O–H groups in total. The molecule has 0 spiro atoms. The van der Waals surface area contributed by atoms with E-state index < -0.39 is 0 Å². The number of hydrogen-bond donors (Lipinski definition) is 0.